The Balaban J connectivity index is 0.930. The Kier molecular flexibility index (Phi) is 9.33. The Hall–Kier alpha value is -8.30. The Morgan fingerprint density at radius 1 is 0.284 bits per heavy atom. The maximum Gasteiger partial charge on any atom is 0.0713 e. The summed E-state index contributed by atoms with van der Waals surface area (Å²) in [6, 6.07) is 96.3. The molecule has 0 N–H and O–H groups in total. The number of hydrogen-bond acceptors (Lipinski definition) is 2. The number of fused-ring (bicyclic) bond motifs is 7. The van der Waals surface area contributed by atoms with E-state index in [1.54, 1.807) is 0 Å². The minimum Gasteiger partial charge on any atom is -0.310 e. The summed E-state index contributed by atoms with van der Waals surface area (Å²) in [5.41, 5.74) is 17.8. The highest BCUT2D eigenvalue weighted by Gasteiger charge is 2.46. The zero-order chi connectivity index (χ0) is 44.3. The van der Waals surface area contributed by atoms with E-state index >= 15 is 0 Å². The number of hydrogen-bond donors (Lipinski definition) is 0. The summed E-state index contributed by atoms with van der Waals surface area (Å²) in [5.74, 6) is 0. The molecule has 1 aliphatic rings. The van der Waals surface area contributed by atoms with Crippen LogP contribution in [0.4, 0.5) is 17.1 Å². The lowest BCUT2D eigenvalue weighted by molar-refractivity contribution is 0.769. The molecule has 0 unspecified atom stereocenters. The molecule has 11 aromatic carbocycles. The van der Waals surface area contributed by atoms with Crippen molar-refractivity contribution in [2.75, 3.05) is 4.90 Å². The van der Waals surface area contributed by atoms with Crippen molar-refractivity contribution in [2.45, 2.75) is 5.41 Å². The third kappa shape index (κ3) is 6.44. The van der Waals surface area contributed by atoms with Gasteiger partial charge in [0.2, 0.25) is 0 Å². The van der Waals surface area contributed by atoms with Gasteiger partial charge in [0.25, 0.3) is 0 Å². The average molecular weight is 870 g/mol. The fourth-order valence-electron chi connectivity index (χ4n) is 10.9. The van der Waals surface area contributed by atoms with E-state index in [9.17, 15) is 0 Å². The predicted octanol–water partition coefficient (Wildman–Crippen LogP) is 18.0. The minimum atomic E-state index is -0.453. The van der Waals surface area contributed by atoms with E-state index in [1.807, 2.05) is 11.3 Å². The lowest BCUT2D eigenvalue weighted by atomic mass is 9.67. The molecule has 1 heterocycles. The summed E-state index contributed by atoms with van der Waals surface area (Å²) in [5, 5.41) is 5.11. The first-order chi connectivity index (χ1) is 33.2. The van der Waals surface area contributed by atoms with Gasteiger partial charge in [-0.1, -0.05) is 206 Å². The molecule has 0 atom stereocenters. The normalized spacial score (nSPS) is 12.6. The van der Waals surface area contributed by atoms with E-state index in [4.69, 9.17) is 0 Å². The van der Waals surface area contributed by atoms with Crippen molar-refractivity contribution in [1.82, 2.24) is 0 Å². The lowest BCUT2D eigenvalue weighted by Gasteiger charge is -2.34. The van der Waals surface area contributed by atoms with E-state index in [0.29, 0.717) is 0 Å². The fourth-order valence-corrected chi connectivity index (χ4v) is 12.0. The molecule has 1 aromatic heterocycles. The molecule has 0 amide bonds. The van der Waals surface area contributed by atoms with Gasteiger partial charge in [0.15, 0.2) is 0 Å². The summed E-state index contributed by atoms with van der Waals surface area (Å²) >= 11 is 1.86. The molecule has 67 heavy (non-hydrogen) atoms. The summed E-state index contributed by atoms with van der Waals surface area (Å²) in [6.45, 7) is 0. The minimum absolute atomic E-state index is 0.453. The number of nitrogens with zero attached hydrogens (tertiary/aromatic N) is 1. The van der Waals surface area contributed by atoms with E-state index in [1.165, 1.54) is 97.7 Å². The van der Waals surface area contributed by atoms with Gasteiger partial charge in [0, 0.05) is 37.2 Å². The topological polar surface area (TPSA) is 3.24 Å². The molecule has 0 spiro atoms. The van der Waals surface area contributed by atoms with Crippen LogP contribution in [0.25, 0.3) is 75.5 Å². The standard InChI is InChI=1S/C65H43NS/c1-3-21-50(22-4-1)65(51-23-5-2-6-24-51)61-30-11-9-27-57(61)58-38-34-48(42-62(58)65)44-32-35-52(36-33-44)66(54-37-39-60-59-28-10-12-31-63(59)67-64(60)43-54)53-25-14-19-47(41-53)46-18-13-20-49(40-46)56-29-15-17-45-16-7-8-26-55(45)56/h1-43H. The van der Waals surface area contributed by atoms with Crippen molar-refractivity contribution in [3.63, 3.8) is 0 Å². The van der Waals surface area contributed by atoms with Crippen LogP contribution >= 0.6 is 11.3 Å². The first-order valence-electron chi connectivity index (χ1n) is 23.1. The van der Waals surface area contributed by atoms with E-state index in [0.717, 1.165) is 17.1 Å². The van der Waals surface area contributed by atoms with Gasteiger partial charge in [0.05, 0.1) is 5.41 Å². The molecular weight excluding hydrogens is 827 g/mol. The first kappa shape index (κ1) is 39.1. The van der Waals surface area contributed by atoms with Gasteiger partial charge in [-0.25, -0.2) is 0 Å². The van der Waals surface area contributed by atoms with E-state index in [2.05, 4.69) is 266 Å². The monoisotopic (exact) mass is 869 g/mol. The van der Waals surface area contributed by atoms with Gasteiger partial charge >= 0.3 is 0 Å². The summed E-state index contributed by atoms with van der Waals surface area (Å²) in [6.07, 6.45) is 0. The van der Waals surface area contributed by atoms with Gasteiger partial charge in [-0.3, -0.25) is 0 Å². The molecule has 314 valence electrons. The van der Waals surface area contributed by atoms with Crippen LogP contribution in [-0.4, -0.2) is 0 Å². The van der Waals surface area contributed by atoms with Crippen LogP contribution in [0.2, 0.25) is 0 Å². The lowest BCUT2D eigenvalue weighted by Crippen LogP contribution is -2.28. The van der Waals surface area contributed by atoms with Crippen molar-refractivity contribution < 1.29 is 0 Å². The molecule has 2 heteroatoms. The highest BCUT2D eigenvalue weighted by molar-refractivity contribution is 7.25. The zero-order valence-electron chi connectivity index (χ0n) is 36.7. The second kappa shape index (κ2) is 16.0. The zero-order valence-corrected chi connectivity index (χ0v) is 37.5. The van der Waals surface area contributed by atoms with Crippen LogP contribution in [0.3, 0.4) is 0 Å². The SMILES string of the molecule is c1ccc(C2(c3ccccc3)c3ccccc3-c3ccc(-c4ccc(N(c5cccc(-c6cccc(-c7cccc8ccccc78)c6)c5)c5ccc6c(c5)sc5ccccc56)cc4)cc32)cc1. The molecule has 0 aliphatic heterocycles. The largest absolute Gasteiger partial charge is 0.310 e. The highest BCUT2D eigenvalue weighted by Crippen LogP contribution is 2.57. The number of anilines is 3. The van der Waals surface area contributed by atoms with Gasteiger partial charge in [-0.2, -0.15) is 0 Å². The Bertz CT molecular complexity index is 3760. The molecule has 1 nitrogen and oxygen atoms in total. The van der Waals surface area contributed by atoms with Gasteiger partial charge < -0.3 is 4.90 Å². The van der Waals surface area contributed by atoms with Crippen LogP contribution in [0.1, 0.15) is 22.3 Å². The maximum atomic E-state index is 2.45. The van der Waals surface area contributed by atoms with Crippen molar-refractivity contribution in [2.24, 2.45) is 0 Å². The number of rotatable bonds is 8. The third-order valence-corrected chi connectivity index (χ3v) is 15.1. The van der Waals surface area contributed by atoms with E-state index < -0.39 is 5.41 Å². The van der Waals surface area contributed by atoms with Crippen LogP contribution < -0.4 is 4.90 Å². The van der Waals surface area contributed by atoms with Crippen LogP contribution in [0.5, 0.6) is 0 Å². The van der Waals surface area contributed by atoms with Gasteiger partial charge in [0.1, 0.15) is 0 Å². The second-order valence-corrected chi connectivity index (χ2v) is 18.7. The number of thiophene rings is 1. The number of benzene rings is 11. The fraction of sp³-hybridized carbons (Fsp3) is 0.0154. The van der Waals surface area contributed by atoms with Crippen LogP contribution in [-0.2, 0) is 5.41 Å². The summed E-state index contributed by atoms with van der Waals surface area (Å²) in [7, 11) is 0. The van der Waals surface area contributed by atoms with Crippen molar-refractivity contribution in [3.05, 3.63) is 283 Å². The molecule has 0 saturated carbocycles. The van der Waals surface area contributed by atoms with Crippen LogP contribution in [0, 0.1) is 0 Å². The molecule has 1 aliphatic carbocycles. The maximum absolute atomic E-state index is 2.45. The van der Waals surface area contributed by atoms with E-state index in [-0.39, 0.29) is 0 Å². The molecule has 0 saturated heterocycles. The molecule has 0 bridgehead atoms. The smallest absolute Gasteiger partial charge is 0.0713 e. The summed E-state index contributed by atoms with van der Waals surface area (Å²) in [4.78, 5) is 2.42. The Morgan fingerprint density at radius 2 is 0.836 bits per heavy atom. The van der Waals surface area contributed by atoms with Gasteiger partial charge in [-0.15, -0.1) is 11.3 Å². The van der Waals surface area contributed by atoms with Crippen molar-refractivity contribution in [3.8, 4) is 44.5 Å². The average Bonchev–Trinajstić information content (AvgIpc) is 3.92. The molecule has 12 aromatic rings. The second-order valence-electron chi connectivity index (χ2n) is 17.6. The molecule has 0 radical (unpaired) electrons. The highest BCUT2D eigenvalue weighted by atomic mass is 32.1. The Morgan fingerprint density at radius 3 is 1.66 bits per heavy atom. The van der Waals surface area contributed by atoms with Crippen molar-refractivity contribution in [1.29, 1.82) is 0 Å². The van der Waals surface area contributed by atoms with Gasteiger partial charge in [-0.05, 0) is 132 Å². The molecular formula is C65H43NS. The quantitative estimate of drug-likeness (QED) is 0.147. The molecule has 13 rings (SSSR count). The van der Waals surface area contributed by atoms with Crippen LogP contribution in [0.15, 0.2) is 261 Å². The first-order valence-corrected chi connectivity index (χ1v) is 23.9. The third-order valence-electron chi connectivity index (χ3n) is 13.9. The van der Waals surface area contributed by atoms with Crippen molar-refractivity contribution >= 4 is 59.3 Å². The summed E-state index contributed by atoms with van der Waals surface area (Å²) < 4.78 is 2.58. The Labute approximate surface area is 395 Å². The molecule has 0 fully saturated rings. The predicted molar refractivity (Wildman–Crippen MR) is 285 cm³/mol.